The summed E-state index contributed by atoms with van der Waals surface area (Å²) in [5.74, 6) is 1.51. The van der Waals surface area contributed by atoms with E-state index in [1.54, 1.807) is 13.2 Å². The third-order valence-electron chi connectivity index (χ3n) is 4.28. The molecule has 0 saturated carbocycles. The summed E-state index contributed by atoms with van der Waals surface area (Å²) in [5.41, 5.74) is 1.17. The third-order valence-corrected chi connectivity index (χ3v) is 5.61. The van der Waals surface area contributed by atoms with Crippen LogP contribution in [0.25, 0.3) is 0 Å². The molecule has 0 fully saturated rings. The number of benzene rings is 1. The maximum atomic E-state index is 10.3. The molecule has 0 radical (unpaired) electrons. The lowest BCUT2D eigenvalue weighted by Gasteiger charge is -2.24. The van der Waals surface area contributed by atoms with E-state index in [0.717, 1.165) is 17.2 Å². The molecule has 1 aromatic heterocycles. The number of likely N-dealkylation sites (N-methyl/N-ethyl adjacent to an activating group) is 1. The van der Waals surface area contributed by atoms with Gasteiger partial charge in [0, 0.05) is 18.0 Å². The van der Waals surface area contributed by atoms with Crippen LogP contribution in [-0.2, 0) is 0 Å². The van der Waals surface area contributed by atoms with Gasteiger partial charge in [-0.15, -0.1) is 11.3 Å². The first-order valence-corrected chi connectivity index (χ1v) is 10.4. The van der Waals surface area contributed by atoms with Crippen LogP contribution < -0.4 is 15.4 Å². The lowest BCUT2D eigenvalue weighted by Crippen LogP contribution is -2.40. The second-order valence-electron chi connectivity index (χ2n) is 6.51. The molecule has 2 unspecified atom stereocenters. The largest absolute Gasteiger partial charge is 0.497 e. The third kappa shape index (κ3) is 6.67. The molecular weight excluding hydrogens is 396 g/mol. The van der Waals surface area contributed by atoms with Gasteiger partial charge in [0.15, 0.2) is 5.96 Å². The maximum Gasteiger partial charge on any atom is 0.191 e. The molecule has 1 heterocycles. The zero-order chi connectivity index (χ0) is 20.5. The minimum atomic E-state index is -0.632. The Morgan fingerprint density at radius 2 is 1.93 bits per heavy atom. The molecule has 2 aromatic rings. The van der Waals surface area contributed by atoms with Gasteiger partial charge in [0.05, 0.1) is 24.0 Å². The van der Waals surface area contributed by atoms with Crippen LogP contribution in [0.15, 0.2) is 41.4 Å². The smallest absolute Gasteiger partial charge is 0.191 e. The van der Waals surface area contributed by atoms with Crippen molar-refractivity contribution < 1.29 is 9.84 Å². The summed E-state index contributed by atoms with van der Waals surface area (Å²) in [6, 6.07) is 11.8. The first-order chi connectivity index (χ1) is 13.4. The Morgan fingerprint density at radius 3 is 2.46 bits per heavy atom. The van der Waals surface area contributed by atoms with Gasteiger partial charge in [-0.2, -0.15) is 0 Å². The van der Waals surface area contributed by atoms with E-state index in [1.165, 1.54) is 16.9 Å². The summed E-state index contributed by atoms with van der Waals surface area (Å²) in [6.45, 7) is 3.69. The molecule has 2 atom stereocenters. The average Bonchev–Trinajstić information content (AvgIpc) is 3.12. The standard InChI is InChI=1S/C20H29ClN4O2S/c1-5-22-20(24-13-17(26)18-10-11-19(21)28-18)23-12-16(25(2)3)14-6-8-15(27-4)9-7-14/h6-11,16-17,26H,5,12-13H2,1-4H3,(H2,22,23,24). The number of methoxy groups -OCH3 is 1. The minimum absolute atomic E-state index is 0.127. The molecule has 2 rings (SSSR count). The van der Waals surface area contributed by atoms with Crippen molar-refractivity contribution in [2.45, 2.75) is 19.1 Å². The Hall–Kier alpha value is -1.80. The Labute approximate surface area is 176 Å². The molecule has 0 saturated heterocycles. The zero-order valence-corrected chi connectivity index (χ0v) is 18.3. The molecule has 6 nitrogen and oxygen atoms in total. The van der Waals surface area contributed by atoms with Crippen LogP contribution in [0.2, 0.25) is 4.34 Å². The fourth-order valence-electron chi connectivity index (χ4n) is 2.71. The second kappa shape index (κ2) is 11.3. The molecule has 0 bridgehead atoms. The normalized spacial score (nSPS) is 14.0. The van der Waals surface area contributed by atoms with E-state index in [2.05, 4.69) is 27.7 Å². The summed E-state index contributed by atoms with van der Waals surface area (Å²) in [4.78, 5) is 7.68. The number of rotatable bonds is 9. The summed E-state index contributed by atoms with van der Waals surface area (Å²) < 4.78 is 5.91. The molecule has 3 N–H and O–H groups in total. The number of nitrogens with one attached hydrogen (secondary N) is 2. The predicted octanol–water partition coefficient (Wildman–Crippen LogP) is 3.30. The Kier molecular flexibility index (Phi) is 9.05. The van der Waals surface area contributed by atoms with E-state index in [4.69, 9.17) is 21.3 Å². The fraction of sp³-hybridized carbons (Fsp3) is 0.450. The molecule has 1 aromatic carbocycles. The highest BCUT2D eigenvalue weighted by Crippen LogP contribution is 2.26. The Morgan fingerprint density at radius 1 is 1.21 bits per heavy atom. The van der Waals surface area contributed by atoms with Crippen LogP contribution in [0.1, 0.15) is 29.5 Å². The summed E-state index contributed by atoms with van der Waals surface area (Å²) in [6.07, 6.45) is -0.632. The van der Waals surface area contributed by atoms with Crippen molar-refractivity contribution >= 4 is 28.9 Å². The van der Waals surface area contributed by atoms with Crippen LogP contribution in [0.5, 0.6) is 5.75 Å². The molecule has 0 aliphatic rings. The van der Waals surface area contributed by atoms with Crippen LogP contribution in [0, 0.1) is 0 Å². The zero-order valence-electron chi connectivity index (χ0n) is 16.8. The lowest BCUT2D eigenvalue weighted by atomic mass is 10.1. The average molecular weight is 425 g/mol. The second-order valence-corrected chi connectivity index (χ2v) is 8.26. The number of ether oxygens (including phenoxy) is 1. The van der Waals surface area contributed by atoms with Gasteiger partial charge in [-0.25, -0.2) is 0 Å². The molecule has 28 heavy (non-hydrogen) atoms. The number of aliphatic hydroxyl groups excluding tert-OH is 1. The molecular formula is C20H29ClN4O2S. The highest BCUT2D eigenvalue weighted by molar-refractivity contribution is 7.16. The highest BCUT2D eigenvalue weighted by atomic mass is 35.5. The van der Waals surface area contributed by atoms with Gasteiger partial charge in [-0.05, 0) is 50.8 Å². The predicted molar refractivity (Wildman–Crippen MR) is 118 cm³/mol. The van der Waals surface area contributed by atoms with E-state index in [9.17, 15) is 5.11 Å². The van der Waals surface area contributed by atoms with E-state index in [0.29, 0.717) is 23.4 Å². The number of aliphatic imine (C=N–C) groups is 1. The minimum Gasteiger partial charge on any atom is -0.497 e. The quantitative estimate of drug-likeness (QED) is 0.425. The summed E-state index contributed by atoms with van der Waals surface area (Å²) in [7, 11) is 5.74. The number of hydrogen-bond acceptors (Lipinski definition) is 5. The summed E-state index contributed by atoms with van der Waals surface area (Å²) >= 11 is 7.33. The van der Waals surface area contributed by atoms with Crippen LogP contribution in [0.4, 0.5) is 0 Å². The van der Waals surface area contributed by atoms with Crippen LogP contribution >= 0.6 is 22.9 Å². The topological polar surface area (TPSA) is 69.1 Å². The molecule has 0 amide bonds. The van der Waals surface area contributed by atoms with E-state index in [-0.39, 0.29) is 6.04 Å². The first kappa shape index (κ1) is 22.5. The molecule has 0 aliphatic carbocycles. The monoisotopic (exact) mass is 424 g/mol. The van der Waals surface area contributed by atoms with E-state index >= 15 is 0 Å². The number of thiophene rings is 1. The molecule has 8 heteroatoms. The number of halogens is 1. The van der Waals surface area contributed by atoms with Crippen molar-refractivity contribution in [3.8, 4) is 5.75 Å². The van der Waals surface area contributed by atoms with Crippen LogP contribution in [0.3, 0.4) is 0 Å². The van der Waals surface area contributed by atoms with Gasteiger partial charge in [-0.1, -0.05) is 23.7 Å². The maximum absolute atomic E-state index is 10.3. The number of aliphatic hydroxyl groups is 1. The van der Waals surface area contributed by atoms with Crippen LogP contribution in [-0.4, -0.2) is 56.8 Å². The van der Waals surface area contributed by atoms with Gasteiger partial charge < -0.3 is 25.4 Å². The SMILES string of the molecule is CCNC(=NCC(c1ccc(OC)cc1)N(C)C)NCC(O)c1ccc(Cl)s1. The van der Waals surface area contributed by atoms with Gasteiger partial charge >= 0.3 is 0 Å². The number of nitrogens with zero attached hydrogens (tertiary/aromatic N) is 2. The van der Waals surface area contributed by atoms with Crippen molar-refractivity contribution in [2.24, 2.45) is 4.99 Å². The van der Waals surface area contributed by atoms with Gasteiger partial charge in [0.25, 0.3) is 0 Å². The molecule has 154 valence electrons. The molecule has 0 aliphatic heterocycles. The van der Waals surface area contributed by atoms with E-state index < -0.39 is 6.10 Å². The van der Waals surface area contributed by atoms with Gasteiger partial charge in [0.2, 0.25) is 0 Å². The lowest BCUT2D eigenvalue weighted by molar-refractivity contribution is 0.184. The van der Waals surface area contributed by atoms with Crippen molar-refractivity contribution in [3.05, 3.63) is 51.2 Å². The fourth-order valence-corrected chi connectivity index (χ4v) is 3.76. The van der Waals surface area contributed by atoms with Crippen molar-refractivity contribution in [1.29, 1.82) is 0 Å². The van der Waals surface area contributed by atoms with Crippen molar-refractivity contribution in [2.75, 3.05) is 40.8 Å². The van der Waals surface area contributed by atoms with Crippen molar-refractivity contribution in [3.63, 3.8) is 0 Å². The van der Waals surface area contributed by atoms with E-state index in [1.807, 2.05) is 39.2 Å². The highest BCUT2D eigenvalue weighted by Gasteiger charge is 2.15. The summed E-state index contributed by atoms with van der Waals surface area (Å²) in [5, 5.41) is 16.8. The van der Waals surface area contributed by atoms with Crippen molar-refractivity contribution in [1.82, 2.24) is 15.5 Å². The number of guanidine groups is 1. The van der Waals surface area contributed by atoms with Gasteiger partial charge in [-0.3, -0.25) is 4.99 Å². The Bertz CT molecular complexity index is 749. The Balaban J connectivity index is 2.03. The molecule has 0 spiro atoms. The first-order valence-electron chi connectivity index (χ1n) is 9.20. The van der Waals surface area contributed by atoms with Gasteiger partial charge in [0.1, 0.15) is 11.9 Å². The number of hydrogen-bond donors (Lipinski definition) is 3.